The van der Waals surface area contributed by atoms with Crippen molar-refractivity contribution >= 4 is 0 Å². The number of hydrogen-bond acceptors (Lipinski definition) is 4. The maximum absolute atomic E-state index is 5.27. The van der Waals surface area contributed by atoms with Crippen molar-refractivity contribution in [3.05, 3.63) is 53.9 Å². The third kappa shape index (κ3) is 3.71. The SMILES string of the molecule is COc1cc(CNC(C)c2cccnc2)cc(OC)c1. The summed E-state index contributed by atoms with van der Waals surface area (Å²) in [7, 11) is 3.31. The van der Waals surface area contributed by atoms with Gasteiger partial charge in [-0.3, -0.25) is 4.98 Å². The number of methoxy groups -OCH3 is 2. The van der Waals surface area contributed by atoms with E-state index in [4.69, 9.17) is 9.47 Å². The molecule has 1 heterocycles. The Kier molecular flexibility index (Phi) is 4.96. The van der Waals surface area contributed by atoms with Crippen molar-refractivity contribution in [1.29, 1.82) is 0 Å². The van der Waals surface area contributed by atoms with Crippen molar-refractivity contribution < 1.29 is 9.47 Å². The highest BCUT2D eigenvalue weighted by Gasteiger charge is 2.06. The molecule has 1 unspecified atom stereocenters. The minimum absolute atomic E-state index is 0.237. The van der Waals surface area contributed by atoms with Gasteiger partial charge in [0.1, 0.15) is 11.5 Å². The van der Waals surface area contributed by atoms with E-state index in [1.807, 2.05) is 30.5 Å². The normalized spacial score (nSPS) is 11.9. The zero-order valence-electron chi connectivity index (χ0n) is 12.1. The van der Waals surface area contributed by atoms with Crippen LogP contribution in [0.5, 0.6) is 11.5 Å². The van der Waals surface area contributed by atoms with Crippen molar-refractivity contribution in [2.45, 2.75) is 19.5 Å². The molecular formula is C16H20N2O2. The highest BCUT2D eigenvalue weighted by atomic mass is 16.5. The predicted molar refractivity (Wildman–Crippen MR) is 79.0 cm³/mol. The van der Waals surface area contributed by atoms with E-state index in [2.05, 4.69) is 23.3 Å². The molecule has 0 bridgehead atoms. The van der Waals surface area contributed by atoms with Gasteiger partial charge in [0.25, 0.3) is 0 Å². The van der Waals surface area contributed by atoms with Crippen LogP contribution < -0.4 is 14.8 Å². The largest absolute Gasteiger partial charge is 0.497 e. The second kappa shape index (κ2) is 6.91. The van der Waals surface area contributed by atoms with E-state index >= 15 is 0 Å². The Labute approximate surface area is 119 Å². The molecule has 1 aromatic carbocycles. The topological polar surface area (TPSA) is 43.4 Å². The van der Waals surface area contributed by atoms with Gasteiger partial charge in [-0.25, -0.2) is 0 Å². The average molecular weight is 272 g/mol. The highest BCUT2D eigenvalue weighted by molar-refractivity contribution is 5.38. The van der Waals surface area contributed by atoms with Crippen LogP contribution in [0.4, 0.5) is 0 Å². The van der Waals surface area contributed by atoms with Crippen molar-refractivity contribution in [3.63, 3.8) is 0 Å². The summed E-state index contributed by atoms with van der Waals surface area (Å²) in [5.41, 5.74) is 2.29. The lowest BCUT2D eigenvalue weighted by Gasteiger charge is -2.15. The molecule has 0 saturated heterocycles. The van der Waals surface area contributed by atoms with Crippen LogP contribution in [0.1, 0.15) is 24.1 Å². The fourth-order valence-electron chi connectivity index (χ4n) is 1.99. The monoisotopic (exact) mass is 272 g/mol. The molecule has 0 saturated carbocycles. The van der Waals surface area contributed by atoms with Crippen molar-refractivity contribution in [3.8, 4) is 11.5 Å². The zero-order chi connectivity index (χ0) is 14.4. The van der Waals surface area contributed by atoms with E-state index in [9.17, 15) is 0 Å². The third-order valence-corrected chi connectivity index (χ3v) is 3.21. The average Bonchev–Trinajstić information content (AvgIpc) is 2.53. The van der Waals surface area contributed by atoms with Crippen LogP contribution in [0.15, 0.2) is 42.7 Å². The van der Waals surface area contributed by atoms with Crippen LogP contribution in [-0.4, -0.2) is 19.2 Å². The van der Waals surface area contributed by atoms with Gasteiger partial charge in [0, 0.05) is 31.0 Å². The summed E-state index contributed by atoms with van der Waals surface area (Å²) in [6, 6.07) is 10.1. The zero-order valence-corrected chi connectivity index (χ0v) is 12.1. The van der Waals surface area contributed by atoms with Gasteiger partial charge < -0.3 is 14.8 Å². The molecule has 20 heavy (non-hydrogen) atoms. The Hall–Kier alpha value is -2.07. The van der Waals surface area contributed by atoms with Gasteiger partial charge >= 0.3 is 0 Å². The Bertz CT molecular complexity index is 521. The predicted octanol–water partition coefficient (Wildman–Crippen LogP) is 2.95. The smallest absolute Gasteiger partial charge is 0.122 e. The molecule has 0 aliphatic carbocycles. The van der Waals surface area contributed by atoms with Crippen LogP contribution in [0.3, 0.4) is 0 Å². The Morgan fingerprint density at radius 2 is 1.85 bits per heavy atom. The molecule has 4 nitrogen and oxygen atoms in total. The maximum Gasteiger partial charge on any atom is 0.122 e. The minimum atomic E-state index is 0.237. The number of benzene rings is 1. The Morgan fingerprint density at radius 3 is 2.40 bits per heavy atom. The summed E-state index contributed by atoms with van der Waals surface area (Å²) in [5.74, 6) is 1.60. The summed E-state index contributed by atoms with van der Waals surface area (Å²) >= 11 is 0. The van der Waals surface area contributed by atoms with E-state index < -0.39 is 0 Å². The summed E-state index contributed by atoms with van der Waals surface area (Å²) in [5, 5.41) is 3.47. The van der Waals surface area contributed by atoms with E-state index in [0.29, 0.717) is 0 Å². The first-order valence-corrected chi connectivity index (χ1v) is 6.58. The molecule has 0 radical (unpaired) electrons. The molecule has 0 spiro atoms. The van der Waals surface area contributed by atoms with Crippen LogP contribution in [-0.2, 0) is 6.54 Å². The first-order valence-electron chi connectivity index (χ1n) is 6.58. The Morgan fingerprint density at radius 1 is 1.15 bits per heavy atom. The maximum atomic E-state index is 5.27. The lowest BCUT2D eigenvalue weighted by molar-refractivity contribution is 0.392. The molecule has 1 aromatic heterocycles. The molecule has 0 amide bonds. The number of ether oxygens (including phenoxy) is 2. The molecule has 2 rings (SSSR count). The van der Waals surface area contributed by atoms with Crippen LogP contribution >= 0.6 is 0 Å². The number of rotatable bonds is 6. The number of nitrogens with zero attached hydrogens (tertiary/aromatic N) is 1. The Balaban J connectivity index is 2.03. The van der Waals surface area contributed by atoms with Gasteiger partial charge in [0.15, 0.2) is 0 Å². The van der Waals surface area contributed by atoms with Crippen LogP contribution in [0, 0.1) is 0 Å². The number of hydrogen-bond donors (Lipinski definition) is 1. The van der Waals surface area contributed by atoms with Gasteiger partial charge in [0.2, 0.25) is 0 Å². The highest BCUT2D eigenvalue weighted by Crippen LogP contribution is 2.23. The van der Waals surface area contributed by atoms with E-state index in [1.54, 1.807) is 20.4 Å². The van der Waals surface area contributed by atoms with E-state index in [0.717, 1.165) is 23.6 Å². The first-order chi connectivity index (χ1) is 9.72. The number of pyridine rings is 1. The third-order valence-electron chi connectivity index (χ3n) is 3.21. The van der Waals surface area contributed by atoms with Gasteiger partial charge in [-0.05, 0) is 36.2 Å². The summed E-state index contributed by atoms with van der Waals surface area (Å²) in [6.45, 7) is 2.86. The second-order valence-electron chi connectivity index (χ2n) is 4.61. The quantitative estimate of drug-likeness (QED) is 0.878. The second-order valence-corrected chi connectivity index (χ2v) is 4.61. The standard InChI is InChI=1S/C16H20N2O2/c1-12(14-5-4-6-17-11-14)18-10-13-7-15(19-2)9-16(8-13)20-3/h4-9,11-12,18H,10H2,1-3H3. The summed E-state index contributed by atoms with van der Waals surface area (Å²) in [6.07, 6.45) is 3.66. The molecule has 106 valence electrons. The van der Waals surface area contributed by atoms with E-state index in [-0.39, 0.29) is 6.04 Å². The van der Waals surface area contributed by atoms with Gasteiger partial charge in [-0.15, -0.1) is 0 Å². The van der Waals surface area contributed by atoms with Crippen molar-refractivity contribution in [1.82, 2.24) is 10.3 Å². The summed E-state index contributed by atoms with van der Waals surface area (Å²) < 4.78 is 10.5. The fraction of sp³-hybridized carbons (Fsp3) is 0.312. The van der Waals surface area contributed by atoms with Crippen molar-refractivity contribution in [2.75, 3.05) is 14.2 Å². The van der Waals surface area contributed by atoms with Crippen molar-refractivity contribution in [2.24, 2.45) is 0 Å². The van der Waals surface area contributed by atoms with E-state index in [1.165, 1.54) is 5.56 Å². The van der Waals surface area contributed by atoms with Crippen LogP contribution in [0.2, 0.25) is 0 Å². The lowest BCUT2D eigenvalue weighted by atomic mass is 10.1. The number of aromatic nitrogens is 1. The molecule has 0 aliphatic rings. The summed E-state index contributed by atoms with van der Waals surface area (Å²) in [4.78, 5) is 4.14. The number of nitrogens with one attached hydrogen (secondary N) is 1. The molecule has 4 heteroatoms. The molecule has 1 N–H and O–H groups in total. The lowest BCUT2D eigenvalue weighted by Crippen LogP contribution is -2.18. The van der Waals surface area contributed by atoms with Gasteiger partial charge in [0.05, 0.1) is 14.2 Å². The fourth-order valence-corrected chi connectivity index (χ4v) is 1.99. The molecule has 0 aliphatic heterocycles. The first kappa shape index (κ1) is 14.3. The molecule has 2 aromatic rings. The minimum Gasteiger partial charge on any atom is -0.497 e. The van der Waals surface area contributed by atoms with Gasteiger partial charge in [-0.2, -0.15) is 0 Å². The van der Waals surface area contributed by atoms with Crippen LogP contribution in [0.25, 0.3) is 0 Å². The van der Waals surface area contributed by atoms with Gasteiger partial charge in [-0.1, -0.05) is 6.07 Å². The molecule has 1 atom stereocenters. The molecule has 0 fully saturated rings. The molecular weight excluding hydrogens is 252 g/mol.